The Morgan fingerprint density at radius 2 is 2.24 bits per heavy atom. The lowest BCUT2D eigenvalue weighted by molar-refractivity contribution is -0.138. The van der Waals surface area contributed by atoms with Gasteiger partial charge in [0, 0.05) is 23.7 Å². The van der Waals surface area contributed by atoms with Crippen LogP contribution in [0.1, 0.15) is 30.5 Å². The van der Waals surface area contributed by atoms with Crippen molar-refractivity contribution >= 4 is 16.9 Å². The van der Waals surface area contributed by atoms with Gasteiger partial charge in [0.05, 0.1) is 11.9 Å². The summed E-state index contributed by atoms with van der Waals surface area (Å²) in [5.74, 6) is -0.704. The maximum absolute atomic E-state index is 10.9. The average molecular weight is 284 g/mol. The van der Waals surface area contributed by atoms with Crippen LogP contribution in [-0.2, 0) is 11.3 Å². The number of carboxylic acids is 1. The first kappa shape index (κ1) is 14.0. The van der Waals surface area contributed by atoms with Gasteiger partial charge in [0.25, 0.3) is 0 Å². The van der Waals surface area contributed by atoms with E-state index in [1.54, 1.807) is 0 Å². The Hall–Kier alpha value is -1.94. The highest BCUT2D eigenvalue weighted by Gasteiger charge is 2.26. The average Bonchev–Trinajstić information content (AvgIpc) is 2.85. The van der Waals surface area contributed by atoms with E-state index in [0.717, 1.165) is 42.5 Å². The van der Waals surface area contributed by atoms with Crippen LogP contribution < -0.4 is 0 Å². The number of rotatable bonds is 4. The van der Waals surface area contributed by atoms with Gasteiger partial charge >= 0.3 is 5.97 Å². The predicted octanol–water partition coefficient (Wildman–Crippen LogP) is 2.98. The molecule has 0 spiro atoms. The Bertz CT molecular complexity index is 669. The van der Waals surface area contributed by atoms with Gasteiger partial charge in [-0.1, -0.05) is 12.1 Å². The van der Waals surface area contributed by atoms with Crippen molar-refractivity contribution in [3.8, 4) is 0 Å². The molecule has 0 aliphatic carbocycles. The zero-order valence-corrected chi connectivity index (χ0v) is 12.2. The van der Waals surface area contributed by atoms with Crippen molar-refractivity contribution in [2.75, 3.05) is 6.54 Å². The van der Waals surface area contributed by atoms with E-state index in [1.165, 1.54) is 5.56 Å². The van der Waals surface area contributed by atoms with E-state index in [2.05, 4.69) is 34.1 Å². The molecule has 1 atom stereocenters. The molecule has 1 fully saturated rings. The fourth-order valence-corrected chi connectivity index (χ4v) is 3.15. The highest BCUT2D eigenvalue weighted by Crippen LogP contribution is 2.24. The van der Waals surface area contributed by atoms with Crippen LogP contribution in [0, 0.1) is 6.92 Å². The largest absolute Gasteiger partial charge is 0.481 e. The number of benzene rings is 1. The van der Waals surface area contributed by atoms with Crippen LogP contribution in [0.25, 0.3) is 10.9 Å². The minimum absolute atomic E-state index is 0.175. The summed E-state index contributed by atoms with van der Waals surface area (Å²) in [7, 11) is 0. The topological polar surface area (TPSA) is 53.4 Å². The lowest BCUT2D eigenvalue weighted by Gasteiger charge is -2.23. The van der Waals surface area contributed by atoms with Gasteiger partial charge in [-0.05, 0) is 50.1 Å². The monoisotopic (exact) mass is 284 g/mol. The first-order valence-corrected chi connectivity index (χ1v) is 7.44. The molecule has 4 heteroatoms. The lowest BCUT2D eigenvalue weighted by Crippen LogP contribution is -2.30. The van der Waals surface area contributed by atoms with Crippen molar-refractivity contribution in [2.24, 2.45) is 0 Å². The standard InChI is InChI=1S/C17H20N2O2/c1-12-4-6-14-9-13(5-7-16(14)18-12)11-19-8-2-3-15(19)10-17(20)21/h4-7,9,15H,2-3,8,10-11H2,1H3,(H,20,21). The zero-order valence-electron chi connectivity index (χ0n) is 12.2. The van der Waals surface area contributed by atoms with Crippen LogP contribution in [0.4, 0.5) is 0 Å². The van der Waals surface area contributed by atoms with Crippen LogP contribution in [0.2, 0.25) is 0 Å². The molecule has 1 aromatic heterocycles. The number of aliphatic carboxylic acids is 1. The zero-order chi connectivity index (χ0) is 14.8. The summed E-state index contributed by atoms with van der Waals surface area (Å²) in [5.41, 5.74) is 3.27. The number of nitrogens with zero attached hydrogens (tertiary/aromatic N) is 2. The quantitative estimate of drug-likeness (QED) is 0.937. The summed E-state index contributed by atoms with van der Waals surface area (Å²) < 4.78 is 0. The minimum atomic E-state index is -0.704. The molecule has 1 aliphatic heterocycles. The number of carboxylic acid groups (broad SMARTS) is 1. The summed E-state index contributed by atoms with van der Waals surface area (Å²) in [6, 6.07) is 10.6. The Morgan fingerprint density at radius 3 is 3.05 bits per heavy atom. The van der Waals surface area contributed by atoms with Crippen molar-refractivity contribution in [2.45, 2.75) is 38.8 Å². The summed E-state index contributed by atoms with van der Waals surface area (Å²) >= 11 is 0. The number of likely N-dealkylation sites (tertiary alicyclic amines) is 1. The highest BCUT2D eigenvalue weighted by molar-refractivity contribution is 5.79. The molecular weight excluding hydrogens is 264 g/mol. The van der Waals surface area contributed by atoms with Crippen LogP contribution in [0.3, 0.4) is 0 Å². The highest BCUT2D eigenvalue weighted by atomic mass is 16.4. The van der Waals surface area contributed by atoms with Gasteiger partial charge in [-0.15, -0.1) is 0 Å². The first-order chi connectivity index (χ1) is 10.1. The van der Waals surface area contributed by atoms with E-state index in [9.17, 15) is 4.79 Å². The molecule has 2 aromatic rings. The van der Waals surface area contributed by atoms with Gasteiger partial charge < -0.3 is 5.11 Å². The third-order valence-corrected chi connectivity index (χ3v) is 4.19. The smallest absolute Gasteiger partial charge is 0.304 e. The lowest BCUT2D eigenvalue weighted by atomic mass is 10.1. The Labute approximate surface area is 124 Å². The van der Waals surface area contributed by atoms with Gasteiger partial charge in [-0.3, -0.25) is 14.7 Å². The Kier molecular flexibility index (Phi) is 3.88. The number of hydrogen-bond acceptors (Lipinski definition) is 3. The van der Waals surface area contributed by atoms with Crippen molar-refractivity contribution in [1.82, 2.24) is 9.88 Å². The van der Waals surface area contributed by atoms with E-state index in [-0.39, 0.29) is 12.5 Å². The van der Waals surface area contributed by atoms with Crippen LogP contribution >= 0.6 is 0 Å². The molecule has 110 valence electrons. The fraction of sp³-hybridized carbons (Fsp3) is 0.412. The number of hydrogen-bond donors (Lipinski definition) is 1. The van der Waals surface area contributed by atoms with Crippen molar-refractivity contribution < 1.29 is 9.90 Å². The molecule has 1 unspecified atom stereocenters. The molecule has 0 radical (unpaired) electrons. The SMILES string of the molecule is Cc1ccc2cc(CN3CCCC3CC(=O)O)ccc2n1. The molecule has 4 nitrogen and oxygen atoms in total. The molecule has 1 N–H and O–H groups in total. The van der Waals surface area contributed by atoms with Gasteiger partial charge in [-0.25, -0.2) is 0 Å². The van der Waals surface area contributed by atoms with Crippen molar-refractivity contribution in [3.05, 3.63) is 41.6 Å². The second-order valence-corrected chi connectivity index (χ2v) is 5.84. The summed E-state index contributed by atoms with van der Waals surface area (Å²) in [6.07, 6.45) is 2.32. The Morgan fingerprint density at radius 1 is 1.38 bits per heavy atom. The molecule has 0 amide bonds. The second-order valence-electron chi connectivity index (χ2n) is 5.84. The van der Waals surface area contributed by atoms with E-state index >= 15 is 0 Å². The van der Waals surface area contributed by atoms with Crippen molar-refractivity contribution in [3.63, 3.8) is 0 Å². The van der Waals surface area contributed by atoms with E-state index in [1.807, 2.05) is 13.0 Å². The van der Waals surface area contributed by atoms with E-state index in [4.69, 9.17) is 5.11 Å². The van der Waals surface area contributed by atoms with Gasteiger partial charge in [0.1, 0.15) is 0 Å². The number of pyridine rings is 1. The van der Waals surface area contributed by atoms with Crippen LogP contribution in [0.5, 0.6) is 0 Å². The second kappa shape index (κ2) is 5.82. The molecule has 3 rings (SSSR count). The van der Waals surface area contributed by atoms with Crippen LogP contribution in [0.15, 0.2) is 30.3 Å². The van der Waals surface area contributed by atoms with E-state index < -0.39 is 5.97 Å². The molecule has 0 bridgehead atoms. The van der Waals surface area contributed by atoms with Gasteiger partial charge in [0.15, 0.2) is 0 Å². The molecule has 1 aromatic carbocycles. The van der Waals surface area contributed by atoms with E-state index in [0.29, 0.717) is 0 Å². The third-order valence-electron chi connectivity index (χ3n) is 4.19. The fourth-order valence-electron chi connectivity index (χ4n) is 3.15. The summed E-state index contributed by atoms with van der Waals surface area (Å²) in [5, 5.41) is 10.1. The first-order valence-electron chi connectivity index (χ1n) is 7.44. The molecule has 2 heterocycles. The number of carbonyl (C=O) groups is 1. The molecule has 21 heavy (non-hydrogen) atoms. The number of aromatic nitrogens is 1. The summed E-state index contributed by atoms with van der Waals surface area (Å²) in [4.78, 5) is 17.7. The molecular formula is C17H20N2O2. The normalized spacial score (nSPS) is 19.2. The maximum Gasteiger partial charge on any atom is 0.304 e. The van der Waals surface area contributed by atoms with Crippen molar-refractivity contribution in [1.29, 1.82) is 0 Å². The minimum Gasteiger partial charge on any atom is -0.481 e. The predicted molar refractivity (Wildman–Crippen MR) is 82.2 cm³/mol. The third kappa shape index (κ3) is 3.22. The van der Waals surface area contributed by atoms with Gasteiger partial charge in [-0.2, -0.15) is 0 Å². The number of aryl methyl sites for hydroxylation is 1. The number of fused-ring (bicyclic) bond motifs is 1. The van der Waals surface area contributed by atoms with Crippen LogP contribution in [-0.4, -0.2) is 33.5 Å². The summed E-state index contributed by atoms with van der Waals surface area (Å²) in [6.45, 7) is 3.80. The Balaban J connectivity index is 1.78. The molecule has 1 saturated heterocycles. The molecule has 0 saturated carbocycles. The maximum atomic E-state index is 10.9. The molecule has 1 aliphatic rings. The van der Waals surface area contributed by atoms with Gasteiger partial charge in [0.2, 0.25) is 0 Å².